The Hall–Kier alpha value is -0.850. The van der Waals surface area contributed by atoms with E-state index >= 15 is 0 Å². The van der Waals surface area contributed by atoms with Crippen LogP contribution in [0.2, 0.25) is 0 Å². The van der Waals surface area contributed by atoms with E-state index in [1.165, 1.54) is 11.3 Å². The smallest absolute Gasteiger partial charge is 0.0429 e. The molecule has 0 N–H and O–H groups in total. The Labute approximate surface area is 102 Å². The molecule has 1 nitrogen and oxygen atoms in total. The minimum Gasteiger partial charge on any atom is -0.261 e. The predicted octanol–water partition coefficient (Wildman–Crippen LogP) is 5.20. The highest BCUT2D eigenvalue weighted by atomic mass is 14.7. The molecule has 0 saturated heterocycles. The van der Waals surface area contributed by atoms with Gasteiger partial charge >= 0.3 is 0 Å². The number of hydrogen-bond acceptors (Lipinski definition) is 1. The summed E-state index contributed by atoms with van der Waals surface area (Å²) < 4.78 is 0. The Morgan fingerprint density at radius 2 is 1.38 bits per heavy atom. The Bertz CT molecular complexity index is 231. The number of pyridine rings is 1. The average molecular weight is 223 g/mol. The molecule has 0 aliphatic carbocycles. The number of aryl methyl sites for hydroxylation is 1. The van der Waals surface area contributed by atoms with E-state index in [-0.39, 0.29) is 0 Å². The van der Waals surface area contributed by atoms with Crippen LogP contribution in [0.5, 0.6) is 0 Å². The Morgan fingerprint density at radius 1 is 0.938 bits per heavy atom. The summed E-state index contributed by atoms with van der Waals surface area (Å²) in [4.78, 5) is 4.28. The third kappa shape index (κ3) is 11.2. The van der Waals surface area contributed by atoms with E-state index in [1.54, 1.807) is 0 Å². The first-order chi connectivity index (χ1) is 7.43. The van der Waals surface area contributed by atoms with E-state index < -0.39 is 0 Å². The van der Waals surface area contributed by atoms with E-state index in [0.717, 1.165) is 5.92 Å². The Balaban J connectivity index is 0. The van der Waals surface area contributed by atoms with Crippen molar-refractivity contribution in [1.29, 1.82) is 0 Å². The van der Waals surface area contributed by atoms with E-state index in [2.05, 4.69) is 58.7 Å². The van der Waals surface area contributed by atoms with Crippen molar-refractivity contribution in [3.05, 3.63) is 29.6 Å². The number of hydrogen-bond donors (Lipinski definition) is 0. The molecule has 0 bridgehead atoms. The van der Waals surface area contributed by atoms with Crippen molar-refractivity contribution < 1.29 is 0 Å². The van der Waals surface area contributed by atoms with Gasteiger partial charge in [-0.3, -0.25) is 4.98 Å². The van der Waals surface area contributed by atoms with Gasteiger partial charge in [0.15, 0.2) is 0 Å². The second-order valence-corrected chi connectivity index (χ2v) is 4.65. The SMILES string of the molecule is CC.CC(C)C.Cc1ccc(C(C)C)nc1. The zero-order chi connectivity index (χ0) is 13.1. The maximum Gasteiger partial charge on any atom is 0.0429 e. The highest BCUT2D eigenvalue weighted by Gasteiger charge is 1.97. The maximum absolute atomic E-state index is 4.28. The molecule has 0 amide bonds. The summed E-state index contributed by atoms with van der Waals surface area (Å²) in [6.07, 6.45) is 1.91. The normalized spacial score (nSPS) is 9.12. The minimum absolute atomic E-state index is 0.542. The highest BCUT2D eigenvalue weighted by Crippen LogP contribution is 2.10. The van der Waals surface area contributed by atoms with Gasteiger partial charge in [-0.2, -0.15) is 0 Å². The fourth-order valence-electron chi connectivity index (χ4n) is 0.821. The van der Waals surface area contributed by atoms with Crippen LogP contribution in [-0.2, 0) is 0 Å². The van der Waals surface area contributed by atoms with Crippen LogP contribution >= 0.6 is 0 Å². The Morgan fingerprint density at radius 3 is 1.62 bits per heavy atom. The molecule has 0 aliphatic heterocycles. The van der Waals surface area contributed by atoms with Gasteiger partial charge < -0.3 is 0 Å². The van der Waals surface area contributed by atoms with Crippen molar-refractivity contribution in [3.63, 3.8) is 0 Å². The Kier molecular flexibility index (Phi) is 11.7. The molecule has 0 aromatic carbocycles. The van der Waals surface area contributed by atoms with Gasteiger partial charge in [0.2, 0.25) is 0 Å². The van der Waals surface area contributed by atoms with Crippen molar-refractivity contribution in [1.82, 2.24) is 4.98 Å². The van der Waals surface area contributed by atoms with Gasteiger partial charge in [0.05, 0.1) is 0 Å². The van der Waals surface area contributed by atoms with Crippen LogP contribution in [0.25, 0.3) is 0 Å². The molecule has 0 aliphatic rings. The first-order valence-electron chi connectivity index (χ1n) is 6.36. The van der Waals surface area contributed by atoms with E-state index in [9.17, 15) is 0 Å². The van der Waals surface area contributed by atoms with Crippen LogP contribution in [0, 0.1) is 12.8 Å². The largest absolute Gasteiger partial charge is 0.261 e. The summed E-state index contributed by atoms with van der Waals surface area (Å²) in [7, 11) is 0. The zero-order valence-electron chi connectivity index (χ0n) is 12.3. The molecule has 0 radical (unpaired) electrons. The van der Waals surface area contributed by atoms with E-state index in [1.807, 2.05) is 20.0 Å². The quantitative estimate of drug-likeness (QED) is 0.637. The number of aromatic nitrogens is 1. The monoisotopic (exact) mass is 223 g/mol. The van der Waals surface area contributed by atoms with Crippen molar-refractivity contribution >= 4 is 0 Å². The van der Waals surface area contributed by atoms with Gasteiger partial charge in [-0.1, -0.05) is 54.5 Å². The molecule has 0 atom stereocenters. The summed E-state index contributed by atoms with van der Waals surface area (Å²) in [5, 5.41) is 0. The fraction of sp³-hybridized carbons (Fsp3) is 0.667. The molecule has 0 fully saturated rings. The van der Waals surface area contributed by atoms with Gasteiger partial charge in [0.25, 0.3) is 0 Å². The lowest BCUT2D eigenvalue weighted by atomic mass is 10.1. The lowest BCUT2D eigenvalue weighted by molar-refractivity contribution is 0.737. The molecule has 0 unspecified atom stereocenters. The summed E-state index contributed by atoms with van der Waals surface area (Å²) in [6.45, 7) is 16.9. The molecule has 0 saturated carbocycles. The minimum atomic E-state index is 0.542. The summed E-state index contributed by atoms with van der Waals surface area (Å²) >= 11 is 0. The van der Waals surface area contributed by atoms with Crippen molar-refractivity contribution in [3.8, 4) is 0 Å². The molecule has 1 heteroatoms. The molecular formula is C15H29N. The number of nitrogens with zero attached hydrogens (tertiary/aromatic N) is 1. The van der Waals surface area contributed by atoms with Gasteiger partial charge in [0.1, 0.15) is 0 Å². The third-order valence-corrected chi connectivity index (χ3v) is 1.53. The van der Waals surface area contributed by atoms with Crippen molar-refractivity contribution in [2.75, 3.05) is 0 Å². The summed E-state index contributed by atoms with van der Waals surface area (Å²) in [6, 6.07) is 4.18. The lowest BCUT2D eigenvalue weighted by Crippen LogP contribution is -1.90. The average Bonchev–Trinajstić information content (AvgIpc) is 2.20. The molecule has 16 heavy (non-hydrogen) atoms. The fourth-order valence-corrected chi connectivity index (χ4v) is 0.821. The highest BCUT2D eigenvalue weighted by molar-refractivity contribution is 5.14. The van der Waals surface area contributed by atoms with Gasteiger partial charge in [-0.05, 0) is 30.4 Å². The maximum atomic E-state index is 4.28. The van der Waals surface area contributed by atoms with Crippen molar-refractivity contribution in [2.45, 2.75) is 61.3 Å². The topological polar surface area (TPSA) is 12.9 Å². The molecule has 1 aromatic rings. The van der Waals surface area contributed by atoms with Gasteiger partial charge in [-0.15, -0.1) is 0 Å². The van der Waals surface area contributed by atoms with Gasteiger partial charge in [-0.25, -0.2) is 0 Å². The van der Waals surface area contributed by atoms with E-state index in [0.29, 0.717) is 5.92 Å². The first kappa shape index (κ1) is 17.5. The summed E-state index contributed by atoms with van der Waals surface area (Å²) in [5.41, 5.74) is 2.40. The zero-order valence-corrected chi connectivity index (χ0v) is 12.3. The van der Waals surface area contributed by atoms with Crippen LogP contribution in [-0.4, -0.2) is 4.98 Å². The van der Waals surface area contributed by atoms with Crippen molar-refractivity contribution in [2.24, 2.45) is 5.92 Å². The van der Waals surface area contributed by atoms with Crippen LogP contribution in [0.15, 0.2) is 18.3 Å². The second-order valence-electron chi connectivity index (χ2n) is 4.65. The van der Waals surface area contributed by atoms with Gasteiger partial charge in [0, 0.05) is 11.9 Å². The molecule has 0 spiro atoms. The molecule has 1 heterocycles. The van der Waals surface area contributed by atoms with Crippen LogP contribution in [0.1, 0.15) is 65.6 Å². The second kappa shape index (κ2) is 10.7. The van der Waals surface area contributed by atoms with E-state index in [4.69, 9.17) is 0 Å². The summed E-state index contributed by atoms with van der Waals surface area (Å²) in [5.74, 6) is 1.38. The van der Waals surface area contributed by atoms with Crippen LogP contribution < -0.4 is 0 Å². The lowest BCUT2D eigenvalue weighted by Gasteiger charge is -2.02. The first-order valence-corrected chi connectivity index (χ1v) is 6.36. The molecule has 94 valence electrons. The molecule has 1 aromatic heterocycles. The molecule has 1 rings (SSSR count). The number of rotatable bonds is 1. The predicted molar refractivity (Wildman–Crippen MR) is 74.9 cm³/mol. The van der Waals surface area contributed by atoms with Crippen LogP contribution in [0.3, 0.4) is 0 Å². The standard InChI is InChI=1S/C9H13N.C4H10.C2H6/c1-7(2)9-5-4-8(3)6-10-9;1-4(2)3;1-2/h4-7H,1-3H3;4H,1-3H3;1-2H3. The molecular weight excluding hydrogens is 194 g/mol. The van der Waals surface area contributed by atoms with Crippen LogP contribution in [0.4, 0.5) is 0 Å². The third-order valence-electron chi connectivity index (χ3n) is 1.53.